The quantitative estimate of drug-likeness (QED) is 0.318. The van der Waals surface area contributed by atoms with Crippen molar-refractivity contribution in [2.45, 2.75) is 6.18 Å². The fourth-order valence-electron chi connectivity index (χ4n) is 2.73. The Labute approximate surface area is 157 Å². The maximum absolute atomic E-state index is 13.5. The third kappa shape index (κ3) is 4.25. The average molecular weight is 395 g/mol. The van der Waals surface area contributed by atoms with Crippen LogP contribution in [0.4, 0.5) is 28.9 Å². The first-order valence-electron chi connectivity index (χ1n) is 8.28. The number of H-pyrrole nitrogens is 1. The van der Waals surface area contributed by atoms with Gasteiger partial charge >= 0.3 is 6.18 Å². The monoisotopic (exact) mass is 395 g/mol. The third-order valence-corrected chi connectivity index (χ3v) is 4.05. The first kappa shape index (κ1) is 19.7. The second-order valence-corrected chi connectivity index (χ2v) is 5.98. The Morgan fingerprint density at radius 3 is 2.71 bits per heavy atom. The molecule has 9 heteroatoms. The smallest absolute Gasteiger partial charge is 0.418 e. The minimum Gasteiger partial charge on any atom is -0.494 e. The van der Waals surface area contributed by atoms with Crippen molar-refractivity contribution in [3.05, 3.63) is 53.3 Å². The number of nitrogens with one attached hydrogen (secondary N) is 2. The van der Waals surface area contributed by atoms with Crippen molar-refractivity contribution >= 4 is 28.5 Å². The van der Waals surface area contributed by atoms with Crippen LogP contribution in [-0.2, 0) is 10.9 Å². The third-order valence-electron chi connectivity index (χ3n) is 4.05. The number of nitrogens with zero attached hydrogens (tertiary/aromatic N) is 1. The summed E-state index contributed by atoms with van der Waals surface area (Å²) < 4.78 is 58.4. The molecular formula is C19H17F4N3O2. The molecule has 0 unspecified atom stereocenters. The van der Waals surface area contributed by atoms with Gasteiger partial charge in [0.05, 0.1) is 23.4 Å². The number of anilines is 1. The van der Waals surface area contributed by atoms with E-state index in [-0.39, 0.29) is 36.0 Å². The summed E-state index contributed by atoms with van der Waals surface area (Å²) >= 11 is 0. The average Bonchev–Trinajstić information content (AvgIpc) is 2.94. The predicted octanol–water partition coefficient (Wildman–Crippen LogP) is 4.84. The maximum atomic E-state index is 13.5. The van der Waals surface area contributed by atoms with E-state index in [2.05, 4.69) is 15.3 Å². The highest BCUT2D eigenvalue weighted by atomic mass is 19.4. The van der Waals surface area contributed by atoms with Gasteiger partial charge in [0.1, 0.15) is 5.82 Å². The summed E-state index contributed by atoms with van der Waals surface area (Å²) in [6.07, 6.45) is -3.38. The Bertz CT molecular complexity index is 1010. The van der Waals surface area contributed by atoms with Gasteiger partial charge in [-0.2, -0.15) is 13.2 Å². The van der Waals surface area contributed by atoms with Crippen molar-refractivity contribution in [3.63, 3.8) is 0 Å². The number of aromatic nitrogens is 1. The summed E-state index contributed by atoms with van der Waals surface area (Å²) in [6, 6.07) is 7.47. The zero-order valence-corrected chi connectivity index (χ0v) is 14.8. The van der Waals surface area contributed by atoms with Crippen LogP contribution in [0.2, 0.25) is 0 Å². The van der Waals surface area contributed by atoms with Crippen LogP contribution in [-0.4, -0.2) is 36.6 Å². The summed E-state index contributed by atoms with van der Waals surface area (Å²) in [5.74, 6) is -0.759. The Balaban J connectivity index is 1.94. The van der Waals surface area contributed by atoms with Crippen molar-refractivity contribution in [2.75, 3.05) is 25.6 Å². The van der Waals surface area contributed by atoms with E-state index >= 15 is 0 Å². The van der Waals surface area contributed by atoms with Gasteiger partial charge in [0.2, 0.25) is 0 Å². The normalized spacial score (nSPS) is 12.2. The molecular weight excluding hydrogens is 378 g/mol. The molecule has 0 aliphatic rings. The molecule has 3 rings (SSSR count). The Hall–Kier alpha value is -3.07. The van der Waals surface area contributed by atoms with Gasteiger partial charge in [-0.1, -0.05) is 0 Å². The van der Waals surface area contributed by atoms with Crippen molar-refractivity contribution < 1.29 is 27.4 Å². The van der Waals surface area contributed by atoms with Crippen LogP contribution in [0.1, 0.15) is 11.1 Å². The highest BCUT2D eigenvalue weighted by molar-refractivity contribution is 6.02. The molecule has 0 aliphatic heterocycles. The van der Waals surface area contributed by atoms with E-state index < -0.39 is 17.6 Å². The number of benzene rings is 2. The zero-order valence-electron chi connectivity index (χ0n) is 14.8. The zero-order chi connectivity index (χ0) is 20.3. The molecule has 0 fully saturated rings. The van der Waals surface area contributed by atoms with Crippen LogP contribution in [0.3, 0.4) is 0 Å². The molecule has 0 bridgehead atoms. The molecule has 148 valence electrons. The lowest BCUT2D eigenvalue weighted by molar-refractivity contribution is -0.136. The first-order valence-corrected chi connectivity index (χ1v) is 8.28. The molecule has 3 aromatic rings. The van der Waals surface area contributed by atoms with Crippen LogP contribution in [0.5, 0.6) is 5.88 Å². The van der Waals surface area contributed by atoms with E-state index in [1.54, 1.807) is 0 Å². The fraction of sp³-hybridized carbons (Fsp3) is 0.211. The summed E-state index contributed by atoms with van der Waals surface area (Å²) in [4.78, 5) is 6.68. The van der Waals surface area contributed by atoms with Crippen LogP contribution < -0.4 is 5.32 Å². The Morgan fingerprint density at radius 2 is 2.00 bits per heavy atom. The lowest BCUT2D eigenvalue weighted by Crippen LogP contribution is -2.13. The maximum Gasteiger partial charge on any atom is 0.418 e. The molecule has 0 atom stereocenters. The van der Waals surface area contributed by atoms with E-state index in [1.165, 1.54) is 43.7 Å². The second kappa shape index (κ2) is 7.89. The minimum absolute atomic E-state index is 0.0368. The van der Waals surface area contributed by atoms with Gasteiger partial charge in [-0.3, -0.25) is 4.99 Å². The fourth-order valence-corrected chi connectivity index (χ4v) is 2.73. The largest absolute Gasteiger partial charge is 0.494 e. The topological polar surface area (TPSA) is 69.6 Å². The number of hydrogen-bond donors (Lipinski definition) is 3. The number of alkyl halides is 3. The molecule has 5 nitrogen and oxygen atoms in total. The van der Waals surface area contributed by atoms with E-state index in [9.17, 15) is 22.7 Å². The summed E-state index contributed by atoms with van der Waals surface area (Å²) in [6.45, 7) is 0.477. The number of rotatable bonds is 6. The second-order valence-electron chi connectivity index (χ2n) is 5.98. The Kier molecular flexibility index (Phi) is 5.55. The van der Waals surface area contributed by atoms with Crippen LogP contribution >= 0.6 is 0 Å². The van der Waals surface area contributed by atoms with Crippen molar-refractivity contribution in [3.8, 4) is 5.88 Å². The van der Waals surface area contributed by atoms with Gasteiger partial charge in [-0.15, -0.1) is 0 Å². The lowest BCUT2D eigenvalue weighted by atomic mass is 10.1. The first-order chi connectivity index (χ1) is 13.3. The number of hydrogen-bond acceptors (Lipinski definition) is 4. The summed E-state index contributed by atoms with van der Waals surface area (Å²) in [5, 5.41) is 13.0. The number of ether oxygens (including phenoxy) is 1. The van der Waals surface area contributed by atoms with Gasteiger partial charge in [-0.25, -0.2) is 4.39 Å². The molecule has 0 saturated carbocycles. The van der Waals surface area contributed by atoms with Crippen LogP contribution in [0, 0.1) is 5.82 Å². The molecule has 0 aliphatic carbocycles. The number of aliphatic imine (C=N–C) groups is 1. The van der Waals surface area contributed by atoms with Crippen molar-refractivity contribution in [1.29, 1.82) is 0 Å². The molecule has 1 aromatic heterocycles. The molecule has 0 spiro atoms. The van der Waals surface area contributed by atoms with Gasteiger partial charge in [0.15, 0.2) is 5.88 Å². The Morgan fingerprint density at radius 1 is 1.21 bits per heavy atom. The number of halogens is 4. The van der Waals surface area contributed by atoms with Crippen LogP contribution in [0.25, 0.3) is 10.9 Å². The van der Waals surface area contributed by atoms with Gasteiger partial charge < -0.3 is 20.1 Å². The standard InChI is InChI=1S/C19H17F4N3O2/c1-28-7-6-24-17-5-3-12(9-15(17)19(21,22)23)25-10-14-13-8-11(20)2-4-16(13)26-18(14)27/h2-5,8-10,24,26-27H,6-7H2,1H3. The molecule has 0 amide bonds. The molecule has 28 heavy (non-hydrogen) atoms. The number of aromatic hydroxyl groups is 1. The van der Waals surface area contributed by atoms with Gasteiger partial charge in [0.25, 0.3) is 0 Å². The highest BCUT2D eigenvalue weighted by Crippen LogP contribution is 2.37. The molecule has 0 saturated heterocycles. The molecule has 3 N–H and O–H groups in total. The molecule has 0 radical (unpaired) electrons. The van der Waals surface area contributed by atoms with Crippen molar-refractivity contribution in [1.82, 2.24) is 4.98 Å². The summed E-state index contributed by atoms with van der Waals surface area (Å²) in [7, 11) is 1.45. The van der Waals surface area contributed by atoms with E-state index in [0.29, 0.717) is 10.9 Å². The van der Waals surface area contributed by atoms with Gasteiger partial charge in [-0.05, 0) is 36.4 Å². The van der Waals surface area contributed by atoms with E-state index in [0.717, 1.165) is 6.07 Å². The SMILES string of the molecule is COCCNc1ccc(N=Cc2c(O)[nH]c3ccc(F)cc23)cc1C(F)(F)F. The predicted molar refractivity (Wildman–Crippen MR) is 99.0 cm³/mol. The van der Waals surface area contributed by atoms with E-state index in [1.807, 2.05) is 0 Å². The lowest BCUT2D eigenvalue weighted by Gasteiger charge is -2.15. The minimum atomic E-state index is -4.58. The highest BCUT2D eigenvalue weighted by Gasteiger charge is 2.33. The summed E-state index contributed by atoms with van der Waals surface area (Å²) in [5.41, 5.74) is -0.248. The van der Waals surface area contributed by atoms with Gasteiger partial charge in [0, 0.05) is 36.5 Å². The number of aromatic amines is 1. The van der Waals surface area contributed by atoms with Crippen molar-refractivity contribution in [2.24, 2.45) is 4.99 Å². The molecule has 2 aromatic carbocycles. The molecule has 1 heterocycles. The van der Waals surface area contributed by atoms with Crippen LogP contribution in [0.15, 0.2) is 41.4 Å². The van der Waals surface area contributed by atoms with E-state index in [4.69, 9.17) is 4.74 Å². The number of methoxy groups -OCH3 is 1. The number of fused-ring (bicyclic) bond motifs is 1.